The van der Waals surface area contributed by atoms with Crippen molar-refractivity contribution >= 4 is 11.0 Å². The average molecular weight is 259 g/mol. The van der Waals surface area contributed by atoms with Gasteiger partial charge in [0.05, 0.1) is 11.0 Å². The molecular formula is C16H25N3. The van der Waals surface area contributed by atoms with Gasteiger partial charge in [0.15, 0.2) is 0 Å². The fourth-order valence-corrected chi connectivity index (χ4v) is 2.72. The van der Waals surface area contributed by atoms with Crippen LogP contribution in [0.1, 0.15) is 45.5 Å². The van der Waals surface area contributed by atoms with Crippen molar-refractivity contribution in [3.05, 3.63) is 30.1 Å². The van der Waals surface area contributed by atoms with Gasteiger partial charge in [-0.3, -0.25) is 0 Å². The predicted octanol–water partition coefficient (Wildman–Crippen LogP) is 3.68. The zero-order valence-corrected chi connectivity index (χ0v) is 12.5. The Morgan fingerprint density at radius 1 is 1.26 bits per heavy atom. The van der Waals surface area contributed by atoms with Crippen molar-refractivity contribution < 1.29 is 0 Å². The van der Waals surface area contributed by atoms with Crippen LogP contribution in [-0.4, -0.2) is 22.1 Å². The van der Waals surface area contributed by atoms with Gasteiger partial charge in [-0.15, -0.1) is 0 Å². The fourth-order valence-electron chi connectivity index (χ4n) is 2.72. The smallest absolute Gasteiger partial charge is 0.107 e. The van der Waals surface area contributed by atoms with E-state index in [1.165, 1.54) is 18.4 Å². The molecule has 1 aromatic carbocycles. The first-order valence-electron chi connectivity index (χ1n) is 7.30. The lowest BCUT2D eigenvalue weighted by atomic mass is 10.2. The van der Waals surface area contributed by atoms with E-state index < -0.39 is 0 Å². The highest BCUT2D eigenvalue weighted by Gasteiger charge is 2.13. The lowest BCUT2D eigenvalue weighted by molar-refractivity contribution is 0.436. The summed E-state index contributed by atoms with van der Waals surface area (Å²) >= 11 is 0. The summed E-state index contributed by atoms with van der Waals surface area (Å²) < 4.78 is 2.33. The van der Waals surface area contributed by atoms with E-state index in [0.717, 1.165) is 17.9 Å². The summed E-state index contributed by atoms with van der Waals surface area (Å²) in [4.78, 5) is 4.63. The average Bonchev–Trinajstić information content (AvgIpc) is 2.72. The van der Waals surface area contributed by atoms with Crippen molar-refractivity contribution in [3.8, 4) is 0 Å². The Morgan fingerprint density at radius 3 is 2.74 bits per heavy atom. The van der Waals surface area contributed by atoms with E-state index in [1.807, 2.05) is 6.07 Å². The molecular weight excluding hydrogens is 234 g/mol. The molecule has 3 nitrogen and oxygen atoms in total. The number of benzene rings is 1. The number of nitrogens with one attached hydrogen (secondary N) is 1. The van der Waals surface area contributed by atoms with Crippen LogP contribution in [-0.2, 0) is 0 Å². The van der Waals surface area contributed by atoms with E-state index in [9.17, 15) is 0 Å². The molecule has 2 aromatic rings. The first-order chi connectivity index (χ1) is 9.13. The third kappa shape index (κ3) is 3.16. The first kappa shape index (κ1) is 14.1. The molecule has 0 aliphatic rings. The molecule has 1 heterocycles. The van der Waals surface area contributed by atoms with Crippen LogP contribution in [0, 0.1) is 6.92 Å². The molecule has 0 radical (unpaired) electrons. The van der Waals surface area contributed by atoms with Gasteiger partial charge in [0.2, 0.25) is 0 Å². The maximum absolute atomic E-state index is 4.63. The van der Waals surface area contributed by atoms with Gasteiger partial charge in [0.1, 0.15) is 5.82 Å². The molecule has 3 heteroatoms. The van der Waals surface area contributed by atoms with Gasteiger partial charge in [0, 0.05) is 18.6 Å². The van der Waals surface area contributed by atoms with Crippen LogP contribution >= 0.6 is 0 Å². The van der Waals surface area contributed by atoms with Gasteiger partial charge in [-0.2, -0.15) is 0 Å². The molecule has 2 unspecified atom stereocenters. The second-order valence-electron chi connectivity index (χ2n) is 5.46. The van der Waals surface area contributed by atoms with E-state index in [1.54, 1.807) is 0 Å². The zero-order chi connectivity index (χ0) is 13.8. The summed E-state index contributed by atoms with van der Waals surface area (Å²) in [6, 6.07) is 9.37. The van der Waals surface area contributed by atoms with E-state index in [2.05, 4.69) is 60.8 Å². The molecule has 0 fully saturated rings. The van der Waals surface area contributed by atoms with Crippen molar-refractivity contribution in [2.75, 3.05) is 6.54 Å². The van der Waals surface area contributed by atoms with Crippen molar-refractivity contribution in [1.82, 2.24) is 14.9 Å². The van der Waals surface area contributed by atoms with Crippen molar-refractivity contribution in [2.45, 2.75) is 52.6 Å². The number of rotatable bonds is 6. The largest absolute Gasteiger partial charge is 0.324 e. The number of para-hydroxylation sites is 2. The predicted molar refractivity (Wildman–Crippen MR) is 81.6 cm³/mol. The normalized spacial score (nSPS) is 14.7. The Balaban J connectivity index is 2.12. The van der Waals surface area contributed by atoms with Gasteiger partial charge >= 0.3 is 0 Å². The molecule has 0 aliphatic carbocycles. The molecule has 104 valence electrons. The van der Waals surface area contributed by atoms with Crippen LogP contribution in [0.15, 0.2) is 24.3 Å². The Kier molecular flexibility index (Phi) is 4.59. The topological polar surface area (TPSA) is 29.9 Å². The quantitative estimate of drug-likeness (QED) is 0.857. The number of aryl methyl sites for hydroxylation is 1. The van der Waals surface area contributed by atoms with Crippen molar-refractivity contribution in [1.29, 1.82) is 0 Å². The second-order valence-corrected chi connectivity index (χ2v) is 5.46. The molecule has 0 amide bonds. The van der Waals surface area contributed by atoms with Gasteiger partial charge in [-0.1, -0.05) is 25.5 Å². The maximum Gasteiger partial charge on any atom is 0.107 e. The highest BCUT2D eigenvalue weighted by molar-refractivity contribution is 5.76. The summed E-state index contributed by atoms with van der Waals surface area (Å²) in [5, 5.41) is 3.61. The summed E-state index contributed by atoms with van der Waals surface area (Å²) in [5.74, 6) is 1.10. The molecule has 2 rings (SSSR count). The number of hydrogen-bond donors (Lipinski definition) is 1. The number of fused-ring (bicyclic) bond motifs is 1. The zero-order valence-electron chi connectivity index (χ0n) is 12.5. The fraction of sp³-hybridized carbons (Fsp3) is 0.562. The second kappa shape index (κ2) is 6.20. The maximum atomic E-state index is 4.63. The van der Waals surface area contributed by atoms with Gasteiger partial charge in [-0.25, -0.2) is 4.98 Å². The van der Waals surface area contributed by atoms with E-state index in [4.69, 9.17) is 0 Å². The Hall–Kier alpha value is -1.35. The molecule has 0 saturated heterocycles. The number of nitrogens with zero attached hydrogens (tertiary/aromatic N) is 2. The molecule has 1 aromatic heterocycles. The van der Waals surface area contributed by atoms with Gasteiger partial charge < -0.3 is 9.88 Å². The molecule has 0 saturated carbocycles. The SMILES string of the molecule is CCCC(C)NCC(C)n1c(C)nc2ccccc21. The molecule has 2 atom stereocenters. The van der Waals surface area contributed by atoms with Crippen LogP contribution < -0.4 is 5.32 Å². The van der Waals surface area contributed by atoms with Crippen LogP contribution in [0.4, 0.5) is 0 Å². The third-order valence-electron chi connectivity index (χ3n) is 3.70. The third-order valence-corrected chi connectivity index (χ3v) is 3.70. The molecule has 19 heavy (non-hydrogen) atoms. The van der Waals surface area contributed by atoms with E-state index in [-0.39, 0.29) is 0 Å². The van der Waals surface area contributed by atoms with Crippen LogP contribution in [0.25, 0.3) is 11.0 Å². The first-order valence-corrected chi connectivity index (χ1v) is 7.30. The summed E-state index contributed by atoms with van der Waals surface area (Å²) in [6.45, 7) is 9.82. The van der Waals surface area contributed by atoms with Crippen molar-refractivity contribution in [3.63, 3.8) is 0 Å². The summed E-state index contributed by atoms with van der Waals surface area (Å²) in [6.07, 6.45) is 2.46. The van der Waals surface area contributed by atoms with Crippen LogP contribution in [0.3, 0.4) is 0 Å². The highest BCUT2D eigenvalue weighted by Crippen LogP contribution is 2.20. The molecule has 0 aliphatic heterocycles. The molecule has 0 bridgehead atoms. The Bertz CT molecular complexity index is 530. The molecule has 0 spiro atoms. The minimum Gasteiger partial charge on any atom is -0.324 e. The number of aromatic nitrogens is 2. The summed E-state index contributed by atoms with van der Waals surface area (Å²) in [5.41, 5.74) is 2.32. The van der Waals surface area contributed by atoms with Gasteiger partial charge in [-0.05, 0) is 39.3 Å². The number of hydrogen-bond acceptors (Lipinski definition) is 2. The van der Waals surface area contributed by atoms with Crippen molar-refractivity contribution in [2.24, 2.45) is 0 Å². The lowest BCUT2D eigenvalue weighted by Gasteiger charge is -2.20. The summed E-state index contributed by atoms with van der Waals surface area (Å²) in [7, 11) is 0. The monoisotopic (exact) mass is 259 g/mol. The minimum atomic E-state index is 0.423. The molecule has 1 N–H and O–H groups in total. The van der Waals surface area contributed by atoms with E-state index >= 15 is 0 Å². The van der Waals surface area contributed by atoms with Gasteiger partial charge in [0.25, 0.3) is 0 Å². The standard InChI is InChI=1S/C16H25N3/c1-5-8-12(2)17-11-13(3)19-14(4)18-15-9-6-7-10-16(15)19/h6-7,9-10,12-13,17H,5,8,11H2,1-4H3. The minimum absolute atomic E-state index is 0.423. The number of imidazole rings is 1. The van der Waals surface area contributed by atoms with E-state index in [0.29, 0.717) is 12.1 Å². The lowest BCUT2D eigenvalue weighted by Crippen LogP contribution is -2.31. The van der Waals surface area contributed by atoms with Crippen LogP contribution in [0.5, 0.6) is 0 Å². The Morgan fingerprint density at radius 2 is 2.00 bits per heavy atom. The Labute approximate surface area is 116 Å². The van der Waals surface area contributed by atoms with Crippen LogP contribution in [0.2, 0.25) is 0 Å². The highest BCUT2D eigenvalue weighted by atomic mass is 15.1.